The minimum atomic E-state index is -0.111. The largest absolute Gasteiger partial charge is 0.497 e. The molecule has 0 saturated carbocycles. The minimum absolute atomic E-state index is 0.111. The van der Waals surface area contributed by atoms with Crippen molar-refractivity contribution in [2.45, 2.75) is 13.3 Å². The lowest BCUT2D eigenvalue weighted by Gasteiger charge is -2.14. The van der Waals surface area contributed by atoms with Gasteiger partial charge in [-0.15, -0.1) is 0 Å². The van der Waals surface area contributed by atoms with E-state index in [1.165, 1.54) is 0 Å². The predicted molar refractivity (Wildman–Crippen MR) is 80.0 cm³/mol. The molecule has 1 heterocycles. The highest BCUT2D eigenvalue weighted by Gasteiger charge is 2.21. The summed E-state index contributed by atoms with van der Waals surface area (Å²) in [7, 11) is 1.58. The molecule has 1 saturated heterocycles. The lowest BCUT2D eigenvalue weighted by molar-refractivity contribution is 0.0948. The van der Waals surface area contributed by atoms with Crippen molar-refractivity contribution in [1.29, 1.82) is 0 Å². The summed E-state index contributed by atoms with van der Waals surface area (Å²) in [5.74, 6) is 1.09. The molecule has 20 heavy (non-hydrogen) atoms. The lowest BCUT2D eigenvalue weighted by Crippen LogP contribution is -2.31. The zero-order chi connectivity index (χ0) is 14.5. The monoisotopic (exact) mass is 277 g/mol. The van der Waals surface area contributed by atoms with Crippen LogP contribution in [0.5, 0.6) is 5.75 Å². The number of anilines is 1. The molecule has 110 valence electrons. The van der Waals surface area contributed by atoms with Gasteiger partial charge in [0.15, 0.2) is 0 Å². The molecule has 1 aliphatic heterocycles. The van der Waals surface area contributed by atoms with E-state index in [-0.39, 0.29) is 5.91 Å². The van der Waals surface area contributed by atoms with Crippen molar-refractivity contribution in [2.75, 3.05) is 39.0 Å². The fraction of sp³-hybridized carbons (Fsp3) is 0.533. The van der Waals surface area contributed by atoms with Gasteiger partial charge in [0, 0.05) is 24.8 Å². The van der Waals surface area contributed by atoms with Gasteiger partial charge in [-0.3, -0.25) is 4.79 Å². The molecule has 0 aromatic heterocycles. The highest BCUT2D eigenvalue weighted by molar-refractivity contribution is 5.99. The van der Waals surface area contributed by atoms with Gasteiger partial charge in [-0.2, -0.15) is 0 Å². The highest BCUT2D eigenvalue weighted by atomic mass is 16.5. The number of nitrogens with zero attached hydrogens (tertiary/aromatic N) is 1. The third kappa shape index (κ3) is 3.42. The van der Waals surface area contributed by atoms with Crippen LogP contribution in [-0.4, -0.2) is 44.1 Å². The number of hydrogen-bond donors (Lipinski definition) is 2. The van der Waals surface area contributed by atoms with E-state index in [2.05, 4.69) is 17.1 Å². The van der Waals surface area contributed by atoms with Crippen molar-refractivity contribution < 1.29 is 9.53 Å². The Kier molecular flexibility index (Phi) is 4.84. The maximum atomic E-state index is 12.1. The summed E-state index contributed by atoms with van der Waals surface area (Å²) in [6, 6.07) is 5.12. The quantitative estimate of drug-likeness (QED) is 0.797. The van der Waals surface area contributed by atoms with Crippen LogP contribution in [-0.2, 0) is 0 Å². The van der Waals surface area contributed by atoms with Crippen molar-refractivity contribution in [2.24, 2.45) is 5.92 Å². The average molecular weight is 277 g/mol. The number of methoxy groups -OCH3 is 1. The van der Waals surface area contributed by atoms with Gasteiger partial charge in [0.05, 0.1) is 12.7 Å². The molecule has 0 aliphatic carbocycles. The number of nitrogens with two attached hydrogens (primary N) is 1. The first-order chi connectivity index (χ1) is 9.63. The summed E-state index contributed by atoms with van der Waals surface area (Å²) in [4.78, 5) is 14.5. The zero-order valence-corrected chi connectivity index (χ0v) is 12.2. The fourth-order valence-electron chi connectivity index (χ4n) is 2.57. The van der Waals surface area contributed by atoms with Gasteiger partial charge in [-0.1, -0.05) is 6.92 Å². The van der Waals surface area contributed by atoms with Gasteiger partial charge in [-0.05, 0) is 37.6 Å². The second-order valence-electron chi connectivity index (χ2n) is 5.21. The van der Waals surface area contributed by atoms with Gasteiger partial charge < -0.3 is 20.7 Å². The van der Waals surface area contributed by atoms with Crippen LogP contribution in [0.25, 0.3) is 0 Å². The Balaban J connectivity index is 1.89. The first-order valence-electron chi connectivity index (χ1n) is 7.08. The number of rotatable bonds is 5. The molecule has 0 radical (unpaired) electrons. The molecular formula is C15H23N3O2. The topological polar surface area (TPSA) is 67.6 Å². The normalized spacial score (nSPS) is 19.0. The Bertz CT molecular complexity index is 476. The molecule has 5 nitrogen and oxygen atoms in total. The standard InChI is InChI=1S/C15H23N3O2/c1-3-18-7-6-11(10-18)9-17-15(19)13-5-4-12(20-2)8-14(13)16/h4-5,8,11H,3,6-7,9-10,16H2,1-2H3,(H,17,19). The number of ether oxygens (including phenoxy) is 1. The fourth-order valence-corrected chi connectivity index (χ4v) is 2.57. The molecule has 0 spiro atoms. The molecule has 1 aromatic carbocycles. The molecule has 1 unspecified atom stereocenters. The maximum Gasteiger partial charge on any atom is 0.253 e. The SMILES string of the molecule is CCN1CCC(CNC(=O)c2ccc(OC)cc2N)C1. The third-order valence-corrected chi connectivity index (χ3v) is 3.87. The van der Waals surface area contributed by atoms with E-state index in [9.17, 15) is 4.79 Å². The first-order valence-corrected chi connectivity index (χ1v) is 7.08. The molecular weight excluding hydrogens is 254 g/mol. The number of nitrogen functional groups attached to an aromatic ring is 1. The molecule has 1 fully saturated rings. The predicted octanol–water partition coefficient (Wildman–Crippen LogP) is 1.35. The Morgan fingerprint density at radius 3 is 2.95 bits per heavy atom. The van der Waals surface area contributed by atoms with Gasteiger partial charge in [0.2, 0.25) is 0 Å². The zero-order valence-electron chi connectivity index (χ0n) is 12.2. The van der Waals surface area contributed by atoms with Crippen LogP contribution in [0.3, 0.4) is 0 Å². The lowest BCUT2D eigenvalue weighted by atomic mass is 10.1. The first kappa shape index (κ1) is 14.7. The van der Waals surface area contributed by atoms with E-state index >= 15 is 0 Å². The van der Waals surface area contributed by atoms with E-state index < -0.39 is 0 Å². The van der Waals surface area contributed by atoms with Gasteiger partial charge >= 0.3 is 0 Å². The minimum Gasteiger partial charge on any atom is -0.497 e. The van der Waals surface area contributed by atoms with Crippen LogP contribution in [0.15, 0.2) is 18.2 Å². The molecule has 2 rings (SSSR count). The Labute approximate surface area is 120 Å². The summed E-state index contributed by atoms with van der Waals surface area (Å²) < 4.78 is 5.08. The van der Waals surface area contributed by atoms with Crippen molar-refractivity contribution in [1.82, 2.24) is 10.2 Å². The highest BCUT2D eigenvalue weighted by Crippen LogP contribution is 2.20. The maximum absolute atomic E-state index is 12.1. The number of nitrogens with one attached hydrogen (secondary N) is 1. The average Bonchev–Trinajstić information content (AvgIpc) is 2.92. The van der Waals surface area contributed by atoms with Crippen LogP contribution in [0, 0.1) is 5.92 Å². The molecule has 3 N–H and O–H groups in total. The van der Waals surface area contributed by atoms with Crippen molar-refractivity contribution >= 4 is 11.6 Å². The van der Waals surface area contributed by atoms with E-state index in [4.69, 9.17) is 10.5 Å². The van der Waals surface area contributed by atoms with E-state index in [1.807, 2.05) is 0 Å². The number of amides is 1. The van der Waals surface area contributed by atoms with E-state index in [0.717, 1.165) is 26.1 Å². The Morgan fingerprint density at radius 2 is 2.35 bits per heavy atom. The summed E-state index contributed by atoms with van der Waals surface area (Å²) in [6.07, 6.45) is 1.15. The van der Waals surface area contributed by atoms with Gasteiger partial charge in [-0.25, -0.2) is 0 Å². The second-order valence-corrected chi connectivity index (χ2v) is 5.21. The molecule has 1 aromatic rings. The Morgan fingerprint density at radius 1 is 1.55 bits per heavy atom. The summed E-state index contributed by atoms with van der Waals surface area (Å²) in [6.45, 7) is 6.15. The van der Waals surface area contributed by atoms with Crippen LogP contribution >= 0.6 is 0 Å². The van der Waals surface area contributed by atoms with Crippen LogP contribution in [0.1, 0.15) is 23.7 Å². The Hall–Kier alpha value is -1.75. The number of likely N-dealkylation sites (tertiary alicyclic amines) is 1. The molecule has 5 heteroatoms. The second kappa shape index (κ2) is 6.61. The summed E-state index contributed by atoms with van der Waals surface area (Å²) in [5.41, 5.74) is 6.83. The van der Waals surface area contributed by atoms with Crippen molar-refractivity contribution in [3.63, 3.8) is 0 Å². The molecule has 1 amide bonds. The smallest absolute Gasteiger partial charge is 0.253 e. The summed E-state index contributed by atoms with van der Waals surface area (Å²) in [5, 5.41) is 2.98. The van der Waals surface area contributed by atoms with E-state index in [1.54, 1.807) is 25.3 Å². The molecule has 0 bridgehead atoms. The van der Waals surface area contributed by atoms with Crippen molar-refractivity contribution in [3.8, 4) is 5.75 Å². The van der Waals surface area contributed by atoms with Gasteiger partial charge in [0.1, 0.15) is 5.75 Å². The number of carbonyl (C=O) groups is 1. The van der Waals surface area contributed by atoms with Crippen LogP contribution in [0.2, 0.25) is 0 Å². The number of benzene rings is 1. The third-order valence-electron chi connectivity index (χ3n) is 3.87. The number of hydrogen-bond acceptors (Lipinski definition) is 4. The van der Waals surface area contributed by atoms with E-state index in [0.29, 0.717) is 29.5 Å². The van der Waals surface area contributed by atoms with Crippen molar-refractivity contribution in [3.05, 3.63) is 23.8 Å². The molecule has 1 atom stereocenters. The van der Waals surface area contributed by atoms with Crippen LogP contribution < -0.4 is 15.8 Å². The molecule has 1 aliphatic rings. The summed E-state index contributed by atoms with van der Waals surface area (Å²) >= 11 is 0. The number of carbonyl (C=O) groups excluding carboxylic acids is 1. The van der Waals surface area contributed by atoms with Gasteiger partial charge in [0.25, 0.3) is 5.91 Å². The van der Waals surface area contributed by atoms with Crippen LogP contribution in [0.4, 0.5) is 5.69 Å².